The zero-order valence-corrected chi connectivity index (χ0v) is 17.4. The quantitative estimate of drug-likeness (QED) is 0.666. The summed E-state index contributed by atoms with van der Waals surface area (Å²) in [5, 5.41) is 6.62. The van der Waals surface area contributed by atoms with E-state index in [0.29, 0.717) is 12.6 Å². The maximum atomic E-state index is 11.8. The van der Waals surface area contributed by atoms with Gasteiger partial charge in [0, 0.05) is 58.4 Å². The van der Waals surface area contributed by atoms with E-state index in [2.05, 4.69) is 25.5 Å². The zero-order valence-electron chi connectivity index (χ0n) is 17.4. The fourth-order valence-corrected chi connectivity index (χ4v) is 3.42. The number of ether oxygens (including phenoxy) is 1. The molecule has 29 heavy (non-hydrogen) atoms. The van der Waals surface area contributed by atoms with E-state index in [-0.39, 0.29) is 12.5 Å². The number of hydrogen-bond acceptors (Lipinski definition) is 7. The van der Waals surface area contributed by atoms with Gasteiger partial charge in [-0.15, -0.1) is 0 Å². The van der Waals surface area contributed by atoms with Crippen LogP contribution in [0.1, 0.15) is 18.4 Å². The minimum absolute atomic E-state index is 0.0436. The lowest BCUT2D eigenvalue weighted by molar-refractivity contribution is -0.130. The molecule has 0 saturated carbocycles. The van der Waals surface area contributed by atoms with Gasteiger partial charge in [0.05, 0.1) is 0 Å². The predicted octanol–water partition coefficient (Wildman–Crippen LogP) is 1.74. The van der Waals surface area contributed by atoms with Crippen LogP contribution in [0.3, 0.4) is 0 Å². The number of nitrogens with zero attached hydrogens (tertiary/aromatic N) is 4. The second-order valence-electron chi connectivity index (χ2n) is 7.32. The Morgan fingerprint density at radius 2 is 2.14 bits per heavy atom. The minimum Gasteiger partial charge on any atom is -0.483 e. The number of rotatable bonds is 9. The summed E-state index contributed by atoms with van der Waals surface area (Å²) in [6.07, 6.45) is 3.88. The number of para-hydroxylation sites is 1. The maximum absolute atomic E-state index is 11.8. The molecule has 2 N–H and O–H groups in total. The number of carbonyl (C=O) groups is 1. The van der Waals surface area contributed by atoms with E-state index in [1.165, 1.54) is 4.90 Å². The summed E-state index contributed by atoms with van der Waals surface area (Å²) in [6, 6.07) is 10.2. The van der Waals surface area contributed by atoms with Gasteiger partial charge in [-0.1, -0.05) is 18.2 Å². The first kappa shape index (κ1) is 20.9. The maximum Gasteiger partial charge on any atom is 0.259 e. The Hall–Kier alpha value is -2.87. The number of amides is 1. The summed E-state index contributed by atoms with van der Waals surface area (Å²) in [5.74, 6) is 2.47. The van der Waals surface area contributed by atoms with Crippen LogP contribution in [0.15, 0.2) is 36.7 Å². The number of hydrogen-bond donors (Lipinski definition) is 2. The number of likely N-dealkylation sites (N-methyl/N-ethyl adjacent to an activating group) is 1. The summed E-state index contributed by atoms with van der Waals surface area (Å²) < 4.78 is 5.73. The Labute approximate surface area is 172 Å². The third kappa shape index (κ3) is 5.57. The molecular formula is C21H30N6O2. The van der Waals surface area contributed by atoms with Gasteiger partial charge in [0.25, 0.3) is 5.91 Å². The predicted molar refractivity (Wildman–Crippen MR) is 114 cm³/mol. The van der Waals surface area contributed by atoms with Crippen LogP contribution in [0.2, 0.25) is 0 Å². The van der Waals surface area contributed by atoms with Crippen LogP contribution < -0.4 is 20.3 Å². The van der Waals surface area contributed by atoms with Crippen LogP contribution in [-0.2, 0) is 11.3 Å². The smallest absolute Gasteiger partial charge is 0.259 e. The summed E-state index contributed by atoms with van der Waals surface area (Å²) in [4.78, 5) is 24.3. The molecule has 1 amide bonds. The van der Waals surface area contributed by atoms with Gasteiger partial charge in [0.1, 0.15) is 23.7 Å². The molecule has 2 aromatic rings. The van der Waals surface area contributed by atoms with Crippen LogP contribution in [0.4, 0.5) is 11.6 Å². The van der Waals surface area contributed by atoms with E-state index >= 15 is 0 Å². The first-order chi connectivity index (χ1) is 14.1. The largest absolute Gasteiger partial charge is 0.483 e. The molecule has 1 fully saturated rings. The van der Waals surface area contributed by atoms with Crippen molar-refractivity contribution in [2.75, 3.05) is 51.1 Å². The lowest BCUT2D eigenvalue weighted by Gasteiger charge is -2.26. The molecular weight excluding hydrogens is 368 g/mol. The van der Waals surface area contributed by atoms with E-state index in [0.717, 1.165) is 48.9 Å². The molecule has 0 spiro atoms. The van der Waals surface area contributed by atoms with Gasteiger partial charge in [-0.2, -0.15) is 0 Å². The molecule has 0 radical (unpaired) electrons. The lowest BCUT2D eigenvalue weighted by atomic mass is 10.2. The minimum atomic E-state index is -0.0554. The highest BCUT2D eigenvalue weighted by Crippen LogP contribution is 2.25. The Morgan fingerprint density at radius 1 is 1.31 bits per heavy atom. The fourth-order valence-electron chi connectivity index (χ4n) is 3.42. The van der Waals surface area contributed by atoms with Gasteiger partial charge in [0.15, 0.2) is 6.61 Å². The van der Waals surface area contributed by atoms with Crippen molar-refractivity contribution in [2.45, 2.75) is 25.4 Å². The molecule has 1 aromatic heterocycles. The number of benzene rings is 1. The van der Waals surface area contributed by atoms with Crippen molar-refractivity contribution in [1.82, 2.24) is 20.2 Å². The highest BCUT2D eigenvalue weighted by atomic mass is 16.5. The van der Waals surface area contributed by atoms with Crippen molar-refractivity contribution < 1.29 is 9.53 Å². The first-order valence-corrected chi connectivity index (χ1v) is 9.96. The van der Waals surface area contributed by atoms with Crippen LogP contribution in [0.25, 0.3) is 0 Å². The molecule has 3 rings (SSSR count). The topological polar surface area (TPSA) is 82.6 Å². The second-order valence-corrected chi connectivity index (χ2v) is 7.32. The first-order valence-electron chi connectivity index (χ1n) is 9.96. The molecule has 8 heteroatoms. The number of anilines is 2. The monoisotopic (exact) mass is 398 g/mol. The molecule has 0 bridgehead atoms. The highest BCUT2D eigenvalue weighted by Gasteiger charge is 2.25. The Morgan fingerprint density at radius 3 is 2.93 bits per heavy atom. The van der Waals surface area contributed by atoms with Crippen LogP contribution >= 0.6 is 0 Å². The van der Waals surface area contributed by atoms with E-state index < -0.39 is 0 Å². The number of aromatic nitrogens is 2. The molecule has 1 atom stereocenters. The SMILES string of the molecule is CNc1cc(N2CCCC2CNCc2ccccc2OCC(=O)N(C)C)ncn1. The standard InChI is InChI=1S/C21H30N6O2/c1-22-19-11-20(25-15-24-19)27-10-6-8-17(27)13-23-12-16-7-4-5-9-18(16)29-14-21(28)26(2)3/h4-5,7,9,11,15,17,23H,6,8,10,12-14H2,1-3H3,(H,22,24,25). The molecule has 0 aliphatic carbocycles. The molecule has 1 aromatic carbocycles. The van der Waals surface area contributed by atoms with Gasteiger partial charge >= 0.3 is 0 Å². The van der Waals surface area contributed by atoms with Gasteiger partial charge in [0.2, 0.25) is 0 Å². The molecule has 1 aliphatic rings. The lowest BCUT2D eigenvalue weighted by Crippen LogP contribution is -2.38. The molecule has 1 unspecified atom stereocenters. The Balaban J connectivity index is 1.56. The van der Waals surface area contributed by atoms with E-state index in [1.54, 1.807) is 20.4 Å². The van der Waals surface area contributed by atoms with Crippen LogP contribution in [-0.4, -0.2) is 67.7 Å². The zero-order chi connectivity index (χ0) is 20.6. The van der Waals surface area contributed by atoms with E-state index in [4.69, 9.17) is 4.74 Å². The van der Waals surface area contributed by atoms with Crippen molar-refractivity contribution in [2.24, 2.45) is 0 Å². The van der Waals surface area contributed by atoms with Crippen LogP contribution in [0.5, 0.6) is 5.75 Å². The van der Waals surface area contributed by atoms with E-state index in [1.807, 2.05) is 37.4 Å². The summed E-state index contributed by atoms with van der Waals surface area (Å²) in [7, 11) is 5.31. The van der Waals surface area contributed by atoms with E-state index in [9.17, 15) is 4.79 Å². The van der Waals surface area contributed by atoms with Crippen molar-refractivity contribution in [1.29, 1.82) is 0 Å². The van der Waals surface area contributed by atoms with Gasteiger partial charge in [-0.3, -0.25) is 4.79 Å². The fraction of sp³-hybridized carbons (Fsp3) is 0.476. The normalized spacial score (nSPS) is 16.0. The highest BCUT2D eigenvalue weighted by molar-refractivity contribution is 5.77. The van der Waals surface area contributed by atoms with Crippen molar-refractivity contribution in [3.05, 3.63) is 42.2 Å². The molecule has 1 aliphatic heterocycles. The molecule has 2 heterocycles. The molecule has 156 valence electrons. The van der Waals surface area contributed by atoms with Gasteiger partial charge in [-0.05, 0) is 18.9 Å². The second kappa shape index (κ2) is 10.1. The third-order valence-corrected chi connectivity index (χ3v) is 5.10. The third-order valence-electron chi connectivity index (χ3n) is 5.10. The average molecular weight is 399 g/mol. The van der Waals surface area contributed by atoms with Crippen molar-refractivity contribution in [3.63, 3.8) is 0 Å². The van der Waals surface area contributed by atoms with Crippen molar-refractivity contribution in [3.8, 4) is 5.75 Å². The summed E-state index contributed by atoms with van der Waals surface area (Å²) in [6.45, 7) is 2.58. The average Bonchev–Trinajstić information content (AvgIpc) is 3.21. The van der Waals surface area contributed by atoms with Gasteiger partial charge in [-0.25, -0.2) is 9.97 Å². The number of nitrogens with one attached hydrogen (secondary N) is 2. The van der Waals surface area contributed by atoms with Crippen molar-refractivity contribution >= 4 is 17.5 Å². The Bertz CT molecular complexity index is 813. The molecule has 1 saturated heterocycles. The van der Waals surface area contributed by atoms with Gasteiger partial charge < -0.3 is 25.2 Å². The summed E-state index contributed by atoms with van der Waals surface area (Å²) >= 11 is 0. The molecule has 8 nitrogen and oxygen atoms in total. The van der Waals surface area contributed by atoms with Crippen LogP contribution in [0, 0.1) is 0 Å². The summed E-state index contributed by atoms with van der Waals surface area (Å²) in [5.41, 5.74) is 1.04. The number of carbonyl (C=O) groups excluding carboxylic acids is 1. The Kier molecular flexibility index (Phi) is 7.24.